The van der Waals surface area contributed by atoms with Crippen LogP contribution in [0.3, 0.4) is 0 Å². The van der Waals surface area contributed by atoms with E-state index in [9.17, 15) is 4.79 Å². The number of nitrogens with zero attached hydrogens (tertiary/aromatic N) is 1. The molecule has 0 N–H and O–H groups in total. The average Bonchev–Trinajstić information content (AvgIpc) is 2.90. The first kappa shape index (κ1) is 17.6. The molecule has 0 saturated heterocycles. The predicted molar refractivity (Wildman–Crippen MR) is 89.0 cm³/mol. The molecule has 0 radical (unpaired) electrons. The van der Waals surface area contributed by atoms with Gasteiger partial charge < -0.3 is 18.7 Å². The average molecular weight is 331 g/mol. The largest absolute Gasteiger partial charge is 0.493 e. The number of benzene rings is 1. The molecular formula is C18H21NO5. The normalized spacial score (nSPS) is 10.8. The number of carbonyl (C=O) groups is 1. The van der Waals surface area contributed by atoms with E-state index in [0.29, 0.717) is 24.7 Å². The monoisotopic (exact) mass is 331 g/mol. The van der Waals surface area contributed by atoms with Crippen LogP contribution in [0.1, 0.15) is 29.5 Å². The highest BCUT2D eigenvalue weighted by Crippen LogP contribution is 2.30. The van der Waals surface area contributed by atoms with Crippen LogP contribution in [-0.2, 0) is 16.1 Å². The Labute approximate surface area is 141 Å². The summed E-state index contributed by atoms with van der Waals surface area (Å²) in [6, 6.07) is 5.42. The Morgan fingerprint density at radius 2 is 2.08 bits per heavy atom. The number of aryl methyl sites for hydroxylation is 2. The van der Waals surface area contributed by atoms with Crippen LogP contribution >= 0.6 is 0 Å². The molecule has 1 aromatic carbocycles. The quantitative estimate of drug-likeness (QED) is 0.571. The summed E-state index contributed by atoms with van der Waals surface area (Å²) in [5.41, 5.74) is 2.54. The maximum absolute atomic E-state index is 11.4. The highest BCUT2D eigenvalue weighted by molar-refractivity contribution is 5.87. The molecule has 6 nitrogen and oxygen atoms in total. The molecule has 0 atom stereocenters. The molecular weight excluding hydrogens is 310 g/mol. The fraction of sp³-hybridized carbons (Fsp3) is 0.333. The molecule has 0 bridgehead atoms. The van der Waals surface area contributed by atoms with Crippen molar-refractivity contribution in [1.82, 2.24) is 5.16 Å². The summed E-state index contributed by atoms with van der Waals surface area (Å²) < 4.78 is 21.1. The SMILES string of the molecule is CCOC(=O)/C=C/c1ccc(OCc2c(C)noc2C)c(OC)c1. The third-order valence-corrected chi connectivity index (χ3v) is 3.44. The molecule has 6 heteroatoms. The van der Waals surface area contributed by atoms with Crippen LogP contribution in [0.5, 0.6) is 11.5 Å². The Morgan fingerprint density at radius 1 is 1.29 bits per heavy atom. The summed E-state index contributed by atoms with van der Waals surface area (Å²) in [7, 11) is 1.57. The Morgan fingerprint density at radius 3 is 2.71 bits per heavy atom. The lowest BCUT2D eigenvalue weighted by molar-refractivity contribution is -0.137. The number of ether oxygens (including phenoxy) is 3. The van der Waals surface area contributed by atoms with Gasteiger partial charge in [0.25, 0.3) is 0 Å². The molecule has 0 aliphatic carbocycles. The van der Waals surface area contributed by atoms with Gasteiger partial charge in [0.15, 0.2) is 11.5 Å². The van der Waals surface area contributed by atoms with Crippen molar-refractivity contribution in [1.29, 1.82) is 0 Å². The van der Waals surface area contributed by atoms with Gasteiger partial charge in [-0.05, 0) is 44.5 Å². The van der Waals surface area contributed by atoms with Crippen LogP contribution in [0.2, 0.25) is 0 Å². The van der Waals surface area contributed by atoms with E-state index in [1.54, 1.807) is 32.2 Å². The van der Waals surface area contributed by atoms with Gasteiger partial charge in [-0.3, -0.25) is 0 Å². The summed E-state index contributed by atoms with van der Waals surface area (Å²) in [6.07, 6.45) is 3.04. The number of hydrogen-bond donors (Lipinski definition) is 0. The van der Waals surface area contributed by atoms with Crippen molar-refractivity contribution in [3.63, 3.8) is 0 Å². The fourth-order valence-corrected chi connectivity index (χ4v) is 2.12. The molecule has 1 aromatic heterocycles. The van der Waals surface area contributed by atoms with Gasteiger partial charge in [0, 0.05) is 6.08 Å². The van der Waals surface area contributed by atoms with Crippen molar-refractivity contribution in [2.75, 3.05) is 13.7 Å². The fourth-order valence-electron chi connectivity index (χ4n) is 2.12. The van der Waals surface area contributed by atoms with Crippen molar-refractivity contribution in [3.8, 4) is 11.5 Å². The minimum Gasteiger partial charge on any atom is -0.493 e. The number of rotatable bonds is 7. The lowest BCUT2D eigenvalue weighted by atomic mass is 10.2. The van der Waals surface area contributed by atoms with Gasteiger partial charge in [0.2, 0.25) is 0 Å². The molecule has 24 heavy (non-hydrogen) atoms. The maximum Gasteiger partial charge on any atom is 0.330 e. The third kappa shape index (κ3) is 4.38. The van der Waals surface area contributed by atoms with Crippen molar-refractivity contribution in [2.24, 2.45) is 0 Å². The van der Waals surface area contributed by atoms with E-state index in [2.05, 4.69) is 5.16 Å². The standard InChI is InChI=1S/C18H21NO5/c1-5-22-18(20)9-7-14-6-8-16(17(10-14)21-4)23-11-15-12(2)19-24-13(15)3/h6-10H,5,11H2,1-4H3/b9-7+. The second-order valence-corrected chi connectivity index (χ2v) is 5.09. The van der Waals surface area contributed by atoms with Crippen molar-refractivity contribution >= 4 is 12.0 Å². The minimum absolute atomic E-state index is 0.343. The lowest BCUT2D eigenvalue weighted by Crippen LogP contribution is -2.00. The second kappa shape index (κ2) is 8.19. The van der Waals surface area contributed by atoms with E-state index in [4.69, 9.17) is 18.7 Å². The van der Waals surface area contributed by atoms with Gasteiger partial charge >= 0.3 is 5.97 Å². The van der Waals surface area contributed by atoms with Crippen LogP contribution < -0.4 is 9.47 Å². The van der Waals surface area contributed by atoms with E-state index in [1.807, 2.05) is 19.9 Å². The zero-order valence-corrected chi connectivity index (χ0v) is 14.3. The maximum atomic E-state index is 11.4. The van der Waals surface area contributed by atoms with E-state index in [1.165, 1.54) is 6.08 Å². The predicted octanol–water partition coefficient (Wildman–Crippen LogP) is 3.46. The Bertz CT molecular complexity index is 714. The number of esters is 1. The van der Waals surface area contributed by atoms with Gasteiger partial charge in [-0.2, -0.15) is 0 Å². The van der Waals surface area contributed by atoms with E-state index in [-0.39, 0.29) is 5.97 Å². The van der Waals surface area contributed by atoms with Crippen molar-refractivity contribution < 1.29 is 23.5 Å². The molecule has 0 spiro atoms. The third-order valence-electron chi connectivity index (χ3n) is 3.44. The molecule has 0 saturated carbocycles. The van der Waals surface area contributed by atoms with Crippen LogP contribution in [0, 0.1) is 13.8 Å². The molecule has 0 aliphatic rings. The van der Waals surface area contributed by atoms with Gasteiger partial charge in [-0.15, -0.1) is 0 Å². The van der Waals surface area contributed by atoms with Gasteiger partial charge in [0.05, 0.1) is 25.0 Å². The minimum atomic E-state index is -0.379. The van der Waals surface area contributed by atoms with Gasteiger partial charge in [0.1, 0.15) is 12.4 Å². The van der Waals surface area contributed by atoms with E-state index < -0.39 is 0 Å². The Kier molecular flexibility index (Phi) is 6.01. The van der Waals surface area contributed by atoms with Crippen LogP contribution in [0.25, 0.3) is 6.08 Å². The summed E-state index contributed by atoms with van der Waals surface area (Å²) >= 11 is 0. The van der Waals surface area contributed by atoms with Crippen molar-refractivity contribution in [3.05, 3.63) is 46.9 Å². The summed E-state index contributed by atoms with van der Waals surface area (Å²) in [4.78, 5) is 11.4. The molecule has 0 unspecified atom stereocenters. The molecule has 0 aliphatic heterocycles. The Hall–Kier alpha value is -2.76. The molecule has 2 rings (SSSR count). The first-order valence-electron chi connectivity index (χ1n) is 7.62. The number of carbonyl (C=O) groups excluding carboxylic acids is 1. The topological polar surface area (TPSA) is 70.8 Å². The number of methoxy groups -OCH3 is 1. The highest BCUT2D eigenvalue weighted by Gasteiger charge is 2.11. The van der Waals surface area contributed by atoms with E-state index >= 15 is 0 Å². The number of hydrogen-bond acceptors (Lipinski definition) is 6. The molecule has 128 valence electrons. The van der Waals surface area contributed by atoms with Gasteiger partial charge in [-0.25, -0.2) is 4.79 Å². The first-order chi connectivity index (χ1) is 11.5. The summed E-state index contributed by atoms with van der Waals surface area (Å²) in [5, 5.41) is 3.90. The zero-order chi connectivity index (χ0) is 17.5. The smallest absolute Gasteiger partial charge is 0.330 e. The number of aromatic nitrogens is 1. The second-order valence-electron chi connectivity index (χ2n) is 5.09. The molecule has 2 aromatic rings. The van der Waals surface area contributed by atoms with Gasteiger partial charge in [-0.1, -0.05) is 11.2 Å². The first-order valence-corrected chi connectivity index (χ1v) is 7.62. The summed E-state index contributed by atoms with van der Waals surface area (Å²) in [6.45, 7) is 6.17. The van der Waals surface area contributed by atoms with Crippen LogP contribution in [0.4, 0.5) is 0 Å². The molecule has 0 amide bonds. The molecule has 0 fully saturated rings. The van der Waals surface area contributed by atoms with Crippen LogP contribution in [0.15, 0.2) is 28.8 Å². The van der Waals surface area contributed by atoms with Crippen molar-refractivity contribution in [2.45, 2.75) is 27.4 Å². The van der Waals surface area contributed by atoms with E-state index in [0.717, 1.165) is 22.6 Å². The van der Waals surface area contributed by atoms with Crippen LogP contribution in [-0.4, -0.2) is 24.8 Å². The highest BCUT2D eigenvalue weighted by atomic mass is 16.5. The Balaban J connectivity index is 2.10. The lowest BCUT2D eigenvalue weighted by Gasteiger charge is -2.11. The summed E-state index contributed by atoms with van der Waals surface area (Å²) in [5.74, 6) is 1.54. The zero-order valence-electron chi connectivity index (χ0n) is 14.3. The molecule has 1 heterocycles.